The lowest BCUT2D eigenvalue weighted by Gasteiger charge is -2.33. The number of anilines is 2. The maximum atomic E-state index is 13.6. The van der Waals surface area contributed by atoms with Crippen molar-refractivity contribution < 1.29 is 0 Å². The standard InChI is InChI=1S/C23H21BrClN5O2/c1-14-11-28(17-9-7-16(24)8-10-17)22-26-20-19(29(22)12-14)21(31)30(23(32)27(20)2)13-15-5-3-4-6-18(15)25/h3-10,14H,11-13H2,1-2H3/t14-/m1/s1. The Morgan fingerprint density at radius 3 is 2.53 bits per heavy atom. The summed E-state index contributed by atoms with van der Waals surface area (Å²) in [5.74, 6) is 0.959. The summed E-state index contributed by atoms with van der Waals surface area (Å²) < 4.78 is 5.62. The van der Waals surface area contributed by atoms with Gasteiger partial charge in [-0.25, -0.2) is 4.79 Å². The highest BCUT2D eigenvalue weighted by atomic mass is 79.9. The second-order valence-electron chi connectivity index (χ2n) is 8.21. The predicted octanol–water partition coefficient (Wildman–Crippen LogP) is 4.15. The van der Waals surface area contributed by atoms with Crippen molar-refractivity contribution in [2.45, 2.75) is 20.0 Å². The van der Waals surface area contributed by atoms with Crippen molar-refractivity contribution in [1.82, 2.24) is 18.7 Å². The van der Waals surface area contributed by atoms with Gasteiger partial charge in [-0.1, -0.05) is 52.7 Å². The lowest BCUT2D eigenvalue weighted by Crippen LogP contribution is -2.40. The zero-order valence-corrected chi connectivity index (χ0v) is 20.0. The third-order valence-electron chi connectivity index (χ3n) is 5.87. The molecule has 2 aromatic heterocycles. The number of benzene rings is 2. The van der Waals surface area contributed by atoms with E-state index in [1.165, 1.54) is 9.13 Å². The molecule has 0 radical (unpaired) electrons. The summed E-state index contributed by atoms with van der Waals surface area (Å²) in [4.78, 5) is 33.5. The molecule has 9 heteroatoms. The minimum absolute atomic E-state index is 0.105. The van der Waals surface area contributed by atoms with Gasteiger partial charge < -0.3 is 9.47 Å². The Morgan fingerprint density at radius 2 is 1.81 bits per heavy atom. The fourth-order valence-corrected chi connectivity index (χ4v) is 4.74. The van der Waals surface area contributed by atoms with Crippen molar-refractivity contribution >= 4 is 50.3 Å². The molecule has 2 aromatic carbocycles. The Kier molecular flexibility index (Phi) is 5.22. The van der Waals surface area contributed by atoms with E-state index in [4.69, 9.17) is 16.6 Å². The fraction of sp³-hybridized carbons (Fsp3) is 0.261. The first-order chi connectivity index (χ1) is 15.3. The van der Waals surface area contributed by atoms with Gasteiger partial charge in [0, 0.05) is 35.3 Å². The van der Waals surface area contributed by atoms with Gasteiger partial charge in [-0.15, -0.1) is 0 Å². The van der Waals surface area contributed by atoms with Gasteiger partial charge in [0.1, 0.15) is 0 Å². The van der Waals surface area contributed by atoms with Crippen LogP contribution in [0, 0.1) is 5.92 Å². The smallest absolute Gasteiger partial charge is 0.312 e. The van der Waals surface area contributed by atoms with Gasteiger partial charge in [0.2, 0.25) is 5.95 Å². The number of nitrogens with zero attached hydrogens (tertiary/aromatic N) is 5. The van der Waals surface area contributed by atoms with Gasteiger partial charge in [-0.2, -0.15) is 4.98 Å². The molecular weight excluding hydrogens is 494 g/mol. The van der Waals surface area contributed by atoms with Gasteiger partial charge in [-0.05, 0) is 41.8 Å². The Bertz CT molecular complexity index is 1450. The Morgan fingerprint density at radius 1 is 1.09 bits per heavy atom. The van der Waals surface area contributed by atoms with E-state index in [1.807, 2.05) is 47.0 Å². The minimum Gasteiger partial charge on any atom is -0.312 e. The Balaban J connectivity index is 1.73. The average Bonchev–Trinajstić information content (AvgIpc) is 3.16. The molecule has 0 fully saturated rings. The molecule has 5 rings (SSSR count). The van der Waals surface area contributed by atoms with Gasteiger partial charge in [0.05, 0.1) is 6.54 Å². The van der Waals surface area contributed by atoms with Crippen LogP contribution in [0.15, 0.2) is 62.6 Å². The van der Waals surface area contributed by atoms with Gasteiger partial charge in [-0.3, -0.25) is 13.9 Å². The average molecular weight is 515 g/mol. The lowest BCUT2D eigenvalue weighted by atomic mass is 10.1. The zero-order chi connectivity index (χ0) is 22.6. The summed E-state index contributed by atoms with van der Waals surface area (Å²) >= 11 is 9.77. The van der Waals surface area contributed by atoms with E-state index in [0.29, 0.717) is 28.7 Å². The van der Waals surface area contributed by atoms with Crippen molar-refractivity contribution in [1.29, 1.82) is 0 Å². The number of fused-ring (bicyclic) bond motifs is 3. The molecule has 0 spiro atoms. The highest BCUT2D eigenvalue weighted by Gasteiger charge is 2.29. The number of halogens is 2. The molecule has 32 heavy (non-hydrogen) atoms. The first-order valence-electron chi connectivity index (χ1n) is 10.3. The second-order valence-corrected chi connectivity index (χ2v) is 9.53. The monoisotopic (exact) mass is 513 g/mol. The molecule has 3 heterocycles. The van der Waals surface area contributed by atoms with Crippen LogP contribution >= 0.6 is 27.5 Å². The topological polar surface area (TPSA) is 65.1 Å². The molecule has 0 amide bonds. The summed E-state index contributed by atoms with van der Waals surface area (Å²) in [7, 11) is 1.65. The van der Waals surface area contributed by atoms with Crippen LogP contribution in [0.1, 0.15) is 12.5 Å². The third-order valence-corrected chi connectivity index (χ3v) is 6.76. The Labute approximate surface area is 197 Å². The van der Waals surface area contributed by atoms with E-state index >= 15 is 0 Å². The van der Waals surface area contributed by atoms with Gasteiger partial charge >= 0.3 is 5.69 Å². The normalized spacial score (nSPS) is 15.9. The van der Waals surface area contributed by atoms with E-state index in [9.17, 15) is 9.59 Å². The van der Waals surface area contributed by atoms with E-state index in [1.54, 1.807) is 13.1 Å². The van der Waals surface area contributed by atoms with Crippen LogP contribution in [0.3, 0.4) is 0 Å². The molecule has 0 unspecified atom stereocenters. The quantitative estimate of drug-likeness (QED) is 0.412. The molecule has 0 saturated carbocycles. The van der Waals surface area contributed by atoms with Gasteiger partial charge in [0.15, 0.2) is 11.2 Å². The van der Waals surface area contributed by atoms with E-state index in [2.05, 4.69) is 27.8 Å². The van der Waals surface area contributed by atoms with Crippen molar-refractivity contribution in [2.24, 2.45) is 13.0 Å². The molecule has 164 valence electrons. The summed E-state index contributed by atoms with van der Waals surface area (Å²) in [6, 6.07) is 15.2. The lowest BCUT2D eigenvalue weighted by molar-refractivity contribution is 0.458. The van der Waals surface area contributed by atoms with Crippen LogP contribution in [-0.4, -0.2) is 25.2 Å². The number of aromatic nitrogens is 4. The summed E-state index contributed by atoms with van der Waals surface area (Å²) in [5.41, 5.74) is 1.76. The van der Waals surface area contributed by atoms with Crippen LogP contribution in [0.25, 0.3) is 11.2 Å². The highest BCUT2D eigenvalue weighted by molar-refractivity contribution is 9.10. The number of hydrogen-bond acceptors (Lipinski definition) is 4. The third kappa shape index (κ3) is 3.38. The first kappa shape index (κ1) is 21.0. The van der Waals surface area contributed by atoms with Crippen LogP contribution in [0.4, 0.5) is 11.6 Å². The molecule has 0 aliphatic carbocycles. The molecular formula is C23H21BrClN5O2. The molecule has 1 aliphatic rings. The number of imidazole rings is 1. The fourth-order valence-electron chi connectivity index (χ4n) is 4.28. The van der Waals surface area contributed by atoms with Crippen LogP contribution in [0.2, 0.25) is 5.02 Å². The molecule has 0 saturated heterocycles. The number of hydrogen-bond donors (Lipinski definition) is 0. The largest absolute Gasteiger partial charge is 0.332 e. The Hall–Kier alpha value is -2.84. The first-order valence-corrected chi connectivity index (χ1v) is 11.5. The maximum absolute atomic E-state index is 13.6. The molecule has 1 atom stereocenters. The maximum Gasteiger partial charge on any atom is 0.332 e. The molecule has 7 nitrogen and oxygen atoms in total. The van der Waals surface area contributed by atoms with E-state index in [-0.39, 0.29) is 18.0 Å². The highest BCUT2D eigenvalue weighted by Crippen LogP contribution is 2.33. The zero-order valence-electron chi connectivity index (χ0n) is 17.6. The second kappa shape index (κ2) is 7.94. The van der Waals surface area contributed by atoms with E-state index < -0.39 is 5.69 Å². The summed E-state index contributed by atoms with van der Waals surface area (Å²) in [5, 5.41) is 0.520. The van der Waals surface area contributed by atoms with Crippen LogP contribution < -0.4 is 16.1 Å². The number of aryl methyl sites for hydroxylation is 1. The molecule has 0 N–H and O–H groups in total. The van der Waals surface area contributed by atoms with Crippen molar-refractivity contribution in [3.8, 4) is 0 Å². The number of rotatable bonds is 3. The SMILES string of the molecule is C[C@@H]1CN(c2ccc(Br)cc2)c2nc3c(c(=O)n(Cc4ccccc4Cl)c(=O)n3C)n2C1. The van der Waals surface area contributed by atoms with Gasteiger partial charge in [0.25, 0.3) is 5.56 Å². The predicted molar refractivity (Wildman–Crippen MR) is 130 cm³/mol. The molecule has 0 bridgehead atoms. The van der Waals surface area contributed by atoms with Crippen LogP contribution in [-0.2, 0) is 20.1 Å². The van der Waals surface area contributed by atoms with Crippen molar-refractivity contribution in [3.63, 3.8) is 0 Å². The van der Waals surface area contributed by atoms with Crippen LogP contribution in [0.5, 0.6) is 0 Å². The summed E-state index contributed by atoms with van der Waals surface area (Å²) in [6.07, 6.45) is 0. The summed E-state index contributed by atoms with van der Waals surface area (Å²) in [6.45, 7) is 3.67. The van der Waals surface area contributed by atoms with Crippen molar-refractivity contribution in [2.75, 3.05) is 11.4 Å². The molecule has 1 aliphatic heterocycles. The minimum atomic E-state index is -0.416. The van der Waals surface area contributed by atoms with Crippen molar-refractivity contribution in [3.05, 3.63) is 84.4 Å². The molecule has 4 aromatic rings. The van der Waals surface area contributed by atoms with E-state index in [0.717, 1.165) is 22.3 Å².